The summed E-state index contributed by atoms with van der Waals surface area (Å²) in [5.74, 6) is 0.523. The molecule has 0 N–H and O–H groups in total. The van der Waals surface area contributed by atoms with Crippen LogP contribution in [0.1, 0.15) is 13.3 Å². The van der Waals surface area contributed by atoms with Crippen LogP contribution in [0.3, 0.4) is 0 Å². The van der Waals surface area contributed by atoms with Crippen LogP contribution >= 0.6 is 0 Å². The van der Waals surface area contributed by atoms with Crippen LogP contribution < -0.4 is 0 Å². The van der Waals surface area contributed by atoms with Crippen molar-refractivity contribution < 1.29 is 0 Å². The lowest BCUT2D eigenvalue weighted by Crippen LogP contribution is -2.20. The Morgan fingerprint density at radius 1 is 1.80 bits per heavy atom. The maximum absolute atomic E-state index is 8.59. The molecule has 2 unspecified atom stereocenters. The number of nitriles is 1. The molecule has 1 heterocycles. The molecule has 0 aromatic heterocycles. The quantitative estimate of drug-likeness (QED) is 0.402. The van der Waals surface area contributed by atoms with E-state index in [0.717, 1.165) is 13.0 Å². The summed E-state index contributed by atoms with van der Waals surface area (Å²) in [5, 5.41) is 8.59. The van der Waals surface area contributed by atoms with E-state index >= 15 is 0 Å². The van der Waals surface area contributed by atoms with Crippen LogP contribution in [0.2, 0.25) is 0 Å². The van der Waals surface area contributed by atoms with Gasteiger partial charge in [-0.05, 0) is 19.3 Å². The Balaban J connectivity index is 2.54. The summed E-state index contributed by atoms with van der Waals surface area (Å²) in [7, 11) is 0. The molecule has 2 nitrogen and oxygen atoms in total. The minimum atomic E-state index is 0.410. The predicted molar refractivity (Wildman–Crippen MR) is 40.1 cm³/mol. The fourth-order valence-electron chi connectivity index (χ4n) is 1.38. The van der Waals surface area contributed by atoms with Gasteiger partial charge >= 0.3 is 0 Å². The molecule has 2 heteroatoms. The average Bonchev–Trinajstić information content (AvgIpc) is 2.30. The molecular formula is C8H12N2. The molecule has 0 saturated carbocycles. The van der Waals surface area contributed by atoms with Crippen molar-refractivity contribution in [2.24, 2.45) is 5.92 Å². The minimum absolute atomic E-state index is 0.410. The third-order valence-corrected chi connectivity index (χ3v) is 2.07. The van der Waals surface area contributed by atoms with Gasteiger partial charge in [-0.15, -0.1) is 6.58 Å². The van der Waals surface area contributed by atoms with E-state index in [4.69, 9.17) is 5.26 Å². The minimum Gasteiger partial charge on any atom is -0.307 e. The molecule has 1 aliphatic heterocycles. The van der Waals surface area contributed by atoms with Gasteiger partial charge in [-0.2, -0.15) is 5.26 Å². The molecule has 0 amide bonds. The van der Waals surface area contributed by atoms with Crippen molar-refractivity contribution >= 4 is 0 Å². The lowest BCUT2D eigenvalue weighted by Gasteiger charge is -2.10. The third-order valence-electron chi connectivity index (χ3n) is 2.07. The standard InChI is InChI=1S/C8H12N2/c1-3-8-4-7(2)10(5-8)6-9/h3,7-8H,1,4-5H2,2H3. The molecule has 0 aromatic carbocycles. The van der Waals surface area contributed by atoms with E-state index in [2.05, 4.69) is 19.7 Å². The van der Waals surface area contributed by atoms with E-state index in [1.54, 1.807) is 0 Å². The van der Waals surface area contributed by atoms with Crippen LogP contribution in [0.25, 0.3) is 0 Å². The van der Waals surface area contributed by atoms with Crippen LogP contribution in [0.15, 0.2) is 12.7 Å². The van der Waals surface area contributed by atoms with E-state index in [-0.39, 0.29) is 0 Å². The summed E-state index contributed by atoms with van der Waals surface area (Å²) in [6.07, 6.45) is 5.18. The number of likely N-dealkylation sites (tertiary alicyclic amines) is 1. The summed E-state index contributed by atoms with van der Waals surface area (Å²) < 4.78 is 0. The molecule has 0 aliphatic carbocycles. The Kier molecular flexibility index (Phi) is 1.96. The first kappa shape index (κ1) is 7.14. The van der Waals surface area contributed by atoms with E-state index < -0.39 is 0 Å². The zero-order valence-electron chi connectivity index (χ0n) is 6.25. The molecule has 2 atom stereocenters. The van der Waals surface area contributed by atoms with Gasteiger partial charge in [0.25, 0.3) is 0 Å². The first-order chi connectivity index (χ1) is 4.77. The van der Waals surface area contributed by atoms with Gasteiger partial charge in [-0.3, -0.25) is 0 Å². The molecule has 0 aromatic rings. The molecule has 1 fully saturated rings. The summed E-state index contributed by atoms with van der Waals surface area (Å²) >= 11 is 0. The zero-order valence-corrected chi connectivity index (χ0v) is 6.25. The zero-order chi connectivity index (χ0) is 7.56. The highest BCUT2D eigenvalue weighted by Gasteiger charge is 2.25. The van der Waals surface area contributed by atoms with Gasteiger partial charge in [-0.25, -0.2) is 0 Å². The molecule has 1 saturated heterocycles. The summed E-state index contributed by atoms with van der Waals surface area (Å²) in [6, 6.07) is 0.410. The largest absolute Gasteiger partial charge is 0.307 e. The van der Waals surface area contributed by atoms with Crippen LogP contribution in [0.5, 0.6) is 0 Å². The SMILES string of the molecule is C=CC1CC(C)N(C#N)C1. The normalized spacial score (nSPS) is 31.8. The second-order valence-electron chi connectivity index (χ2n) is 2.83. The van der Waals surface area contributed by atoms with Crippen molar-refractivity contribution in [3.05, 3.63) is 12.7 Å². The van der Waals surface area contributed by atoms with Crippen molar-refractivity contribution in [3.63, 3.8) is 0 Å². The lowest BCUT2D eigenvalue weighted by molar-refractivity contribution is 0.386. The second-order valence-corrected chi connectivity index (χ2v) is 2.83. The average molecular weight is 136 g/mol. The Morgan fingerprint density at radius 2 is 2.50 bits per heavy atom. The van der Waals surface area contributed by atoms with Crippen LogP contribution in [-0.4, -0.2) is 17.5 Å². The highest BCUT2D eigenvalue weighted by Crippen LogP contribution is 2.21. The smallest absolute Gasteiger partial charge is 0.179 e. The highest BCUT2D eigenvalue weighted by atomic mass is 15.2. The van der Waals surface area contributed by atoms with Gasteiger partial charge in [0.15, 0.2) is 6.19 Å². The van der Waals surface area contributed by atoms with E-state index in [9.17, 15) is 0 Å². The monoisotopic (exact) mass is 136 g/mol. The first-order valence-corrected chi connectivity index (χ1v) is 3.57. The molecule has 54 valence electrons. The fraction of sp³-hybridized carbons (Fsp3) is 0.625. The van der Waals surface area contributed by atoms with Crippen molar-refractivity contribution in [2.45, 2.75) is 19.4 Å². The first-order valence-electron chi connectivity index (χ1n) is 3.57. The molecule has 10 heavy (non-hydrogen) atoms. The van der Waals surface area contributed by atoms with E-state index in [1.807, 2.05) is 11.0 Å². The Bertz CT molecular complexity index is 169. The molecule has 0 radical (unpaired) electrons. The molecule has 1 rings (SSSR count). The molecule has 1 aliphatic rings. The van der Waals surface area contributed by atoms with Crippen LogP contribution in [0.4, 0.5) is 0 Å². The Morgan fingerprint density at radius 3 is 2.80 bits per heavy atom. The van der Waals surface area contributed by atoms with Gasteiger partial charge in [0.1, 0.15) is 0 Å². The fourth-order valence-corrected chi connectivity index (χ4v) is 1.38. The predicted octanol–water partition coefficient (Wildman–Crippen LogP) is 1.36. The maximum atomic E-state index is 8.59. The Labute approximate surface area is 61.8 Å². The van der Waals surface area contributed by atoms with Gasteiger partial charge in [0.2, 0.25) is 0 Å². The summed E-state index contributed by atoms with van der Waals surface area (Å²) in [6.45, 7) is 6.65. The van der Waals surface area contributed by atoms with Crippen LogP contribution in [-0.2, 0) is 0 Å². The summed E-state index contributed by atoms with van der Waals surface area (Å²) in [4.78, 5) is 1.81. The number of hydrogen-bond donors (Lipinski definition) is 0. The Hall–Kier alpha value is -0.970. The van der Waals surface area contributed by atoms with Crippen molar-refractivity contribution in [1.29, 1.82) is 5.26 Å². The van der Waals surface area contributed by atoms with E-state index in [1.165, 1.54) is 0 Å². The molecular weight excluding hydrogens is 124 g/mol. The number of nitrogens with zero attached hydrogens (tertiary/aromatic N) is 2. The van der Waals surface area contributed by atoms with E-state index in [0.29, 0.717) is 12.0 Å². The maximum Gasteiger partial charge on any atom is 0.179 e. The molecule has 0 spiro atoms. The lowest BCUT2D eigenvalue weighted by atomic mass is 10.1. The van der Waals surface area contributed by atoms with Crippen molar-refractivity contribution in [3.8, 4) is 6.19 Å². The highest BCUT2D eigenvalue weighted by molar-refractivity contribution is 4.96. The number of rotatable bonds is 1. The third kappa shape index (κ3) is 1.13. The second kappa shape index (κ2) is 2.74. The van der Waals surface area contributed by atoms with Crippen LogP contribution in [0, 0.1) is 17.4 Å². The van der Waals surface area contributed by atoms with Gasteiger partial charge < -0.3 is 4.90 Å². The van der Waals surface area contributed by atoms with Gasteiger partial charge in [0.05, 0.1) is 0 Å². The summed E-state index contributed by atoms with van der Waals surface area (Å²) in [5.41, 5.74) is 0. The molecule has 0 bridgehead atoms. The number of hydrogen-bond acceptors (Lipinski definition) is 2. The topological polar surface area (TPSA) is 27.0 Å². The van der Waals surface area contributed by atoms with Crippen molar-refractivity contribution in [1.82, 2.24) is 4.90 Å². The van der Waals surface area contributed by atoms with Crippen molar-refractivity contribution in [2.75, 3.05) is 6.54 Å². The van der Waals surface area contributed by atoms with Gasteiger partial charge in [0, 0.05) is 12.6 Å². The van der Waals surface area contributed by atoms with Gasteiger partial charge in [-0.1, -0.05) is 6.08 Å².